The van der Waals surface area contributed by atoms with E-state index in [0.717, 1.165) is 11.1 Å². The average molecular weight is 275 g/mol. The van der Waals surface area contributed by atoms with Crippen LogP contribution in [0.15, 0.2) is 51.5 Å². The molecule has 3 rings (SSSR count). The number of aromatic nitrogens is 2. The SMILES string of the molecule is Cc1ccoc1-c1nnc(C(Cl)c2ccccc2)o1. The summed E-state index contributed by atoms with van der Waals surface area (Å²) in [5.41, 5.74) is 1.86. The maximum atomic E-state index is 6.32. The molecule has 1 unspecified atom stereocenters. The number of nitrogens with zero attached hydrogens (tertiary/aromatic N) is 2. The van der Waals surface area contributed by atoms with Gasteiger partial charge in [0.1, 0.15) is 5.38 Å². The van der Waals surface area contributed by atoms with E-state index in [1.807, 2.05) is 43.3 Å². The molecule has 96 valence electrons. The minimum atomic E-state index is -0.460. The van der Waals surface area contributed by atoms with Crippen LogP contribution in [-0.2, 0) is 0 Å². The summed E-state index contributed by atoms with van der Waals surface area (Å²) < 4.78 is 10.9. The lowest BCUT2D eigenvalue weighted by Crippen LogP contribution is -1.92. The maximum absolute atomic E-state index is 6.32. The molecule has 0 saturated carbocycles. The summed E-state index contributed by atoms with van der Waals surface area (Å²) in [5, 5.41) is 7.49. The zero-order valence-electron chi connectivity index (χ0n) is 10.2. The highest BCUT2D eigenvalue weighted by Gasteiger charge is 2.20. The summed E-state index contributed by atoms with van der Waals surface area (Å²) >= 11 is 6.32. The summed E-state index contributed by atoms with van der Waals surface area (Å²) in [5.74, 6) is 1.29. The van der Waals surface area contributed by atoms with E-state index in [0.29, 0.717) is 17.5 Å². The van der Waals surface area contributed by atoms with Crippen LogP contribution < -0.4 is 0 Å². The summed E-state index contributed by atoms with van der Waals surface area (Å²) in [6, 6.07) is 11.4. The second-order valence-electron chi connectivity index (χ2n) is 4.15. The van der Waals surface area contributed by atoms with Crippen LogP contribution in [0.1, 0.15) is 22.4 Å². The van der Waals surface area contributed by atoms with E-state index in [9.17, 15) is 0 Å². The van der Waals surface area contributed by atoms with Gasteiger partial charge in [-0.05, 0) is 18.6 Å². The standard InChI is InChI=1S/C14H11ClN2O2/c1-9-7-8-18-12(9)14-17-16-13(19-14)11(15)10-5-3-2-4-6-10/h2-8,11H,1H3. The van der Waals surface area contributed by atoms with Crippen molar-refractivity contribution in [1.82, 2.24) is 10.2 Å². The number of hydrogen-bond donors (Lipinski definition) is 0. The molecule has 0 radical (unpaired) electrons. The van der Waals surface area contributed by atoms with Gasteiger partial charge in [-0.1, -0.05) is 30.3 Å². The Bertz CT molecular complexity index is 676. The Morgan fingerprint density at radius 3 is 2.58 bits per heavy atom. The minimum Gasteiger partial charge on any atom is -0.459 e. The lowest BCUT2D eigenvalue weighted by atomic mass is 10.1. The first kappa shape index (κ1) is 12.0. The monoisotopic (exact) mass is 274 g/mol. The van der Waals surface area contributed by atoms with Crippen molar-refractivity contribution in [3.05, 3.63) is 59.7 Å². The Kier molecular flexibility index (Phi) is 3.09. The Hall–Kier alpha value is -2.07. The number of hydrogen-bond acceptors (Lipinski definition) is 4. The Labute approximate surface area is 115 Å². The molecule has 0 saturated heterocycles. The van der Waals surface area contributed by atoms with Gasteiger partial charge in [0, 0.05) is 5.56 Å². The molecule has 0 amide bonds. The molecule has 2 heterocycles. The number of alkyl halides is 1. The zero-order valence-corrected chi connectivity index (χ0v) is 11.0. The van der Waals surface area contributed by atoms with Crippen molar-refractivity contribution in [3.63, 3.8) is 0 Å². The van der Waals surface area contributed by atoms with Crippen molar-refractivity contribution in [2.75, 3.05) is 0 Å². The van der Waals surface area contributed by atoms with E-state index >= 15 is 0 Å². The molecule has 5 heteroatoms. The zero-order chi connectivity index (χ0) is 13.2. The van der Waals surface area contributed by atoms with Gasteiger partial charge in [-0.2, -0.15) is 0 Å². The van der Waals surface area contributed by atoms with Gasteiger partial charge < -0.3 is 8.83 Å². The van der Waals surface area contributed by atoms with Crippen molar-refractivity contribution in [1.29, 1.82) is 0 Å². The second kappa shape index (κ2) is 4.90. The van der Waals surface area contributed by atoms with Crippen LogP contribution in [-0.4, -0.2) is 10.2 Å². The van der Waals surface area contributed by atoms with Crippen LogP contribution in [0, 0.1) is 6.92 Å². The van der Waals surface area contributed by atoms with Gasteiger partial charge in [0.15, 0.2) is 5.76 Å². The fourth-order valence-corrected chi connectivity index (χ4v) is 2.02. The number of furan rings is 1. The average Bonchev–Trinajstić information content (AvgIpc) is 3.07. The van der Waals surface area contributed by atoms with Gasteiger partial charge in [0.2, 0.25) is 5.89 Å². The number of benzene rings is 1. The van der Waals surface area contributed by atoms with E-state index in [1.165, 1.54) is 0 Å². The number of rotatable bonds is 3. The molecule has 3 aromatic rings. The topological polar surface area (TPSA) is 52.1 Å². The van der Waals surface area contributed by atoms with Crippen molar-refractivity contribution in [2.24, 2.45) is 0 Å². The Morgan fingerprint density at radius 2 is 1.89 bits per heavy atom. The molecule has 0 aliphatic heterocycles. The Morgan fingerprint density at radius 1 is 1.11 bits per heavy atom. The summed E-state index contributed by atoms with van der Waals surface area (Å²) in [4.78, 5) is 0. The molecular formula is C14H11ClN2O2. The summed E-state index contributed by atoms with van der Waals surface area (Å²) in [6.07, 6.45) is 1.59. The van der Waals surface area contributed by atoms with E-state index in [-0.39, 0.29) is 0 Å². The predicted octanol–water partition coefficient (Wildman–Crippen LogP) is 3.97. The third-order valence-electron chi connectivity index (χ3n) is 2.81. The fraction of sp³-hybridized carbons (Fsp3) is 0.143. The van der Waals surface area contributed by atoms with E-state index in [1.54, 1.807) is 6.26 Å². The van der Waals surface area contributed by atoms with Gasteiger partial charge in [-0.25, -0.2) is 0 Å². The van der Waals surface area contributed by atoms with Gasteiger partial charge in [-0.15, -0.1) is 21.8 Å². The van der Waals surface area contributed by atoms with Crippen LogP contribution in [0.3, 0.4) is 0 Å². The molecule has 0 bridgehead atoms. The lowest BCUT2D eigenvalue weighted by molar-refractivity contribution is 0.484. The smallest absolute Gasteiger partial charge is 0.283 e. The van der Waals surface area contributed by atoms with E-state index in [2.05, 4.69) is 10.2 Å². The van der Waals surface area contributed by atoms with Crippen molar-refractivity contribution >= 4 is 11.6 Å². The Balaban J connectivity index is 1.92. The van der Waals surface area contributed by atoms with Crippen LogP contribution in [0.25, 0.3) is 11.7 Å². The first-order valence-electron chi connectivity index (χ1n) is 5.82. The van der Waals surface area contributed by atoms with Gasteiger partial charge in [0.05, 0.1) is 6.26 Å². The number of halogens is 1. The van der Waals surface area contributed by atoms with Gasteiger partial charge in [-0.3, -0.25) is 0 Å². The van der Waals surface area contributed by atoms with E-state index < -0.39 is 5.38 Å². The molecule has 1 aromatic carbocycles. The van der Waals surface area contributed by atoms with Crippen LogP contribution in [0.4, 0.5) is 0 Å². The molecule has 0 spiro atoms. The molecule has 0 aliphatic rings. The van der Waals surface area contributed by atoms with Crippen molar-refractivity contribution in [2.45, 2.75) is 12.3 Å². The summed E-state index contributed by atoms with van der Waals surface area (Å²) in [6.45, 7) is 1.91. The van der Waals surface area contributed by atoms with E-state index in [4.69, 9.17) is 20.4 Å². The normalized spacial score (nSPS) is 12.5. The quantitative estimate of drug-likeness (QED) is 0.678. The predicted molar refractivity (Wildman–Crippen MR) is 70.9 cm³/mol. The van der Waals surface area contributed by atoms with Gasteiger partial charge in [0.25, 0.3) is 5.89 Å². The fourth-order valence-electron chi connectivity index (χ4n) is 1.79. The number of aryl methyl sites for hydroxylation is 1. The first-order chi connectivity index (χ1) is 9.25. The highest BCUT2D eigenvalue weighted by molar-refractivity contribution is 6.22. The third kappa shape index (κ3) is 2.27. The molecule has 0 fully saturated rings. The molecule has 1 atom stereocenters. The molecule has 0 N–H and O–H groups in total. The largest absolute Gasteiger partial charge is 0.459 e. The molecule has 2 aromatic heterocycles. The second-order valence-corrected chi connectivity index (χ2v) is 4.59. The first-order valence-corrected chi connectivity index (χ1v) is 6.26. The molecule has 0 aliphatic carbocycles. The minimum absolute atomic E-state index is 0.346. The maximum Gasteiger partial charge on any atom is 0.283 e. The lowest BCUT2D eigenvalue weighted by Gasteiger charge is -2.03. The highest BCUT2D eigenvalue weighted by Crippen LogP contribution is 2.30. The van der Waals surface area contributed by atoms with Crippen LogP contribution in [0.5, 0.6) is 0 Å². The van der Waals surface area contributed by atoms with Crippen LogP contribution in [0.2, 0.25) is 0 Å². The third-order valence-corrected chi connectivity index (χ3v) is 3.24. The van der Waals surface area contributed by atoms with Crippen molar-refractivity contribution in [3.8, 4) is 11.7 Å². The molecular weight excluding hydrogens is 264 g/mol. The summed E-state index contributed by atoms with van der Waals surface area (Å²) in [7, 11) is 0. The van der Waals surface area contributed by atoms with Crippen LogP contribution >= 0.6 is 11.6 Å². The molecule has 4 nitrogen and oxygen atoms in total. The molecule has 19 heavy (non-hydrogen) atoms. The van der Waals surface area contributed by atoms with Crippen molar-refractivity contribution < 1.29 is 8.83 Å². The highest BCUT2D eigenvalue weighted by atomic mass is 35.5. The van der Waals surface area contributed by atoms with Gasteiger partial charge >= 0.3 is 0 Å².